The van der Waals surface area contributed by atoms with E-state index in [9.17, 15) is 9.59 Å². The van der Waals surface area contributed by atoms with Gasteiger partial charge in [-0.2, -0.15) is 0 Å². The molecule has 0 aliphatic rings. The van der Waals surface area contributed by atoms with E-state index in [1.54, 1.807) is 36.5 Å². The summed E-state index contributed by atoms with van der Waals surface area (Å²) in [7, 11) is 0. The van der Waals surface area contributed by atoms with Gasteiger partial charge in [-0.15, -0.1) is 0 Å². The van der Waals surface area contributed by atoms with Crippen LogP contribution in [-0.2, 0) is 11.3 Å². The van der Waals surface area contributed by atoms with Gasteiger partial charge in [0.05, 0.1) is 6.61 Å². The van der Waals surface area contributed by atoms with Crippen molar-refractivity contribution in [1.29, 1.82) is 0 Å². The third kappa shape index (κ3) is 7.27. The first-order chi connectivity index (χ1) is 13.1. The summed E-state index contributed by atoms with van der Waals surface area (Å²) in [6.45, 7) is 3.28. The molecule has 2 N–H and O–H groups in total. The van der Waals surface area contributed by atoms with Crippen LogP contribution >= 0.6 is 11.6 Å². The Labute approximate surface area is 164 Å². The number of benzene rings is 1. The molecule has 0 spiro atoms. The van der Waals surface area contributed by atoms with E-state index in [1.807, 2.05) is 6.07 Å². The number of carbonyl (C=O) groups is 2. The fraction of sp³-hybridized carbons (Fsp3) is 0.350. The van der Waals surface area contributed by atoms with Crippen LogP contribution in [0.1, 0.15) is 42.1 Å². The van der Waals surface area contributed by atoms with Gasteiger partial charge >= 0.3 is 0 Å². The lowest BCUT2D eigenvalue weighted by Gasteiger charge is -2.11. The Morgan fingerprint density at radius 1 is 1.15 bits per heavy atom. The van der Waals surface area contributed by atoms with Crippen LogP contribution in [0.3, 0.4) is 0 Å². The van der Waals surface area contributed by atoms with Gasteiger partial charge in [-0.05, 0) is 36.8 Å². The molecule has 0 radical (unpaired) electrons. The normalized spacial score (nSPS) is 10.3. The number of hydrogen-bond donors (Lipinski definition) is 2. The molecule has 7 heteroatoms. The van der Waals surface area contributed by atoms with Crippen LogP contribution in [0, 0.1) is 0 Å². The second-order valence-corrected chi connectivity index (χ2v) is 6.40. The van der Waals surface area contributed by atoms with Gasteiger partial charge in [-0.1, -0.05) is 31.0 Å². The fourth-order valence-corrected chi connectivity index (χ4v) is 2.40. The van der Waals surface area contributed by atoms with Gasteiger partial charge in [0, 0.05) is 41.9 Å². The smallest absolute Gasteiger partial charge is 0.251 e. The first kappa shape index (κ1) is 20.7. The first-order valence-electron chi connectivity index (χ1n) is 8.97. The summed E-state index contributed by atoms with van der Waals surface area (Å²) in [5, 5.41) is 6.11. The first-order valence-corrected chi connectivity index (χ1v) is 9.35. The molecule has 0 aliphatic heterocycles. The number of unbranched alkanes of at least 4 members (excludes halogenated alkanes) is 1. The van der Waals surface area contributed by atoms with Gasteiger partial charge in [-0.3, -0.25) is 9.59 Å². The zero-order valence-electron chi connectivity index (χ0n) is 15.3. The lowest BCUT2D eigenvalue weighted by Crippen LogP contribution is -2.30. The Hall–Kier alpha value is -2.60. The van der Waals surface area contributed by atoms with Crippen molar-refractivity contribution in [1.82, 2.24) is 15.6 Å². The number of ether oxygens (including phenoxy) is 1. The summed E-state index contributed by atoms with van der Waals surface area (Å²) in [6.07, 6.45) is 3.85. The van der Waals surface area contributed by atoms with Crippen LogP contribution in [0.4, 0.5) is 0 Å². The predicted octanol–water partition coefficient (Wildman–Crippen LogP) is 3.35. The number of hydrogen-bond acceptors (Lipinski definition) is 4. The molecule has 1 aromatic heterocycles. The molecule has 0 saturated carbocycles. The third-order valence-corrected chi connectivity index (χ3v) is 4.06. The molecule has 0 aliphatic carbocycles. The lowest BCUT2D eigenvalue weighted by molar-refractivity contribution is -0.121. The van der Waals surface area contributed by atoms with Crippen molar-refractivity contribution in [2.24, 2.45) is 0 Å². The zero-order valence-corrected chi connectivity index (χ0v) is 16.1. The monoisotopic (exact) mass is 389 g/mol. The number of aromatic nitrogens is 1. The maximum Gasteiger partial charge on any atom is 0.251 e. The van der Waals surface area contributed by atoms with Crippen molar-refractivity contribution in [3.05, 3.63) is 58.7 Å². The van der Waals surface area contributed by atoms with Crippen LogP contribution in [0.5, 0.6) is 5.88 Å². The summed E-state index contributed by atoms with van der Waals surface area (Å²) in [5.74, 6) is 0.149. The number of amides is 2. The van der Waals surface area contributed by atoms with E-state index in [2.05, 4.69) is 22.5 Å². The van der Waals surface area contributed by atoms with Crippen molar-refractivity contribution >= 4 is 23.4 Å². The fourth-order valence-electron chi connectivity index (χ4n) is 2.28. The number of nitrogens with one attached hydrogen (secondary N) is 2. The molecule has 1 aromatic carbocycles. The van der Waals surface area contributed by atoms with E-state index in [1.165, 1.54) is 0 Å². The molecule has 0 unspecified atom stereocenters. The van der Waals surface area contributed by atoms with Gasteiger partial charge in [0.2, 0.25) is 11.8 Å². The molecule has 2 aromatic rings. The Balaban J connectivity index is 1.73. The lowest BCUT2D eigenvalue weighted by atomic mass is 10.2. The van der Waals surface area contributed by atoms with Crippen molar-refractivity contribution in [2.45, 2.75) is 32.7 Å². The van der Waals surface area contributed by atoms with Crippen LogP contribution in [0.15, 0.2) is 42.6 Å². The van der Waals surface area contributed by atoms with Crippen LogP contribution < -0.4 is 15.4 Å². The standard InChI is InChI=1S/C20H24ClN3O3/c1-2-3-13-27-20-16(5-4-11-23-20)14-24-18(25)10-12-22-19(26)15-6-8-17(21)9-7-15/h4-9,11H,2-3,10,12-14H2,1H3,(H,22,26)(H,24,25). The summed E-state index contributed by atoms with van der Waals surface area (Å²) in [6, 6.07) is 10.3. The number of rotatable bonds is 10. The highest BCUT2D eigenvalue weighted by Gasteiger charge is 2.09. The second kappa shape index (κ2) is 11.2. The Morgan fingerprint density at radius 2 is 1.93 bits per heavy atom. The van der Waals surface area contributed by atoms with E-state index in [0.717, 1.165) is 18.4 Å². The second-order valence-electron chi connectivity index (χ2n) is 5.96. The highest BCUT2D eigenvalue weighted by molar-refractivity contribution is 6.30. The van der Waals surface area contributed by atoms with Crippen LogP contribution in [0.25, 0.3) is 0 Å². The van der Waals surface area contributed by atoms with Crippen molar-refractivity contribution < 1.29 is 14.3 Å². The van der Waals surface area contributed by atoms with Gasteiger partial charge in [-0.25, -0.2) is 4.98 Å². The molecule has 27 heavy (non-hydrogen) atoms. The molecular formula is C20H24ClN3O3. The van der Waals surface area contributed by atoms with Crippen LogP contribution in [0.2, 0.25) is 5.02 Å². The van der Waals surface area contributed by atoms with Crippen LogP contribution in [-0.4, -0.2) is 29.9 Å². The van der Waals surface area contributed by atoms with Crippen molar-refractivity contribution in [3.63, 3.8) is 0 Å². The van der Waals surface area contributed by atoms with Gasteiger partial charge in [0.1, 0.15) is 0 Å². The largest absolute Gasteiger partial charge is 0.477 e. The van der Waals surface area contributed by atoms with E-state index in [0.29, 0.717) is 29.6 Å². The van der Waals surface area contributed by atoms with Gasteiger partial charge in [0.15, 0.2) is 0 Å². The van der Waals surface area contributed by atoms with E-state index in [-0.39, 0.29) is 24.8 Å². The average Bonchev–Trinajstić information content (AvgIpc) is 2.68. The highest BCUT2D eigenvalue weighted by Crippen LogP contribution is 2.14. The number of nitrogens with zero attached hydrogens (tertiary/aromatic N) is 1. The highest BCUT2D eigenvalue weighted by atomic mass is 35.5. The SMILES string of the molecule is CCCCOc1ncccc1CNC(=O)CCNC(=O)c1ccc(Cl)cc1. The summed E-state index contributed by atoms with van der Waals surface area (Å²) in [4.78, 5) is 28.2. The minimum Gasteiger partial charge on any atom is -0.477 e. The maximum atomic E-state index is 12.0. The molecule has 1 heterocycles. The molecule has 0 atom stereocenters. The molecular weight excluding hydrogens is 366 g/mol. The number of pyridine rings is 1. The molecule has 0 fully saturated rings. The molecule has 2 amide bonds. The minimum atomic E-state index is -0.238. The minimum absolute atomic E-state index is 0.158. The summed E-state index contributed by atoms with van der Waals surface area (Å²) < 4.78 is 5.65. The number of halogens is 1. The molecule has 144 valence electrons. The number of carbonyl (C=O) groups excluding carboxylic acids is 2. The average molecular weight is 390 g/mol. The topological polar surface area (TPSA) is 80.3 Å². The Morgan fingerprint density at radius 3 is 2.67 bits per heavy atom. The van der Waals surface area contributed by atoms with E-state index >= 15 is 0 Å². The van der Waals surface area contributed by atoms with Gasteiger partial charge in [0.25, 0.3) is 5.91 Å². The van der Waals surface area contributed by atoms with Gasteiger partial charge < -0.3 is 15.4 Å². The predicted molar refractivity (Wildman–Crippen MR) is 105 cm³/mol. The summed E-state index contributed by atoms with van der Waals surface area (Å²) in [5.41, 5.74) is 1.33. The zero-order chi connectivity index (χ0) is 19.5. The van der Waals surface area contributed by atoms with Crippen molar-refractivity contribution in [2.75, 3.05) is 13.2 Å². The molecule has 0 bridgehead atoms. The van der Waals surface area contributed by atoms with E-state index < -0.39 is 0 Å². The molecule has 2 rings (SSSR count). The summed E-state index contributed by atoms with van der Waals surface area (Å²) >= 11 is 5.80. The quantitative estimate of drug-likeness (QED) is 0.610. The van der Waals surface area contributed by atoms with Crippen molar-refractivity contribution in [3.8, 4) is 5.88 Å². The molecule has 0 saturated heterocycles. The Bertz CT molecular complexity index is 750. The third-order valence-electron chi connectivity index (χ3n) is 3.81. The molecule has 6 nitrogen and oxygen atoms in total. The van der Waals surface area contributed by atoms with E-state index in [4.69, 9.17) is 16.3 Å². The maximum absolute atomic E-state index is 12.0. The Kier molecular flexibility index (Phi) is 8.58.